The van der Waals surface area contributed by atoms with E-state index in [2.05, 4.69) is 12.2 Å². The van der Waals surface area contributed by atoms with Crippen molar-refractivity contribution < 1.29 is 9.53 Å². The molecule has 0 aromatic heterocycles. The molecule has 0 bridgehead atoms. The fourth-order valence-corrected chi connectivity index (χ4v) is 1.41. The third-order valence-corrected chi connectivity index (χ3v) is 2.21. The Morgan fingerprint density at radius 3 is 2.69 bits per heavy atom. The van der Waals surface area contributed by atoms with Crippen LogP contribution >= 0.6 is 0 Å². The maximum absolute atomic E-state index is 11.0. The van der Waals surface area contributed by atoms with Crippen LogP contribution in [0.15, 0.2) is 12.2 Å². The number of rotatable bonds is 0. The first-order valence-corrected chi connectivity index (χ1v) is 5.20. The van der Waals surface area contributed by atoms with Crippen LogP contribution in [0.2, 0.25) is 0 Å². The molecule has 13 heavy (non-hydrogen) atoms. The fraction of sp³-hybridized carbons (Fsp3) is 0.727. The molecule has 0 saturated heterocycles. The van der Waals surface area contributed by atoms with Gasteiger partial charge >= 0.3 is 5.97 Å². The summed E-state index contributed by atoms with van der Waals surface area (Å²) in [5.74, 6) is -0.0507. The molecule has 0 fully saturated rings. The van der Waals surface area contributed by atoms with Crippen LogP contribution in [0.1, 0.15) is 44.9 Å². The number of esters is 1. The van der Waals surface area contributed by atoms with Crippen LogP contribution < -0.4 is 0 Å². The Kier molecular flexibility index (Phi) is 5.30. The highest BCUT2D eigenvalue weighted by atomic mass is 16.5. The quantitative estimate of drug-likeness (QED) is 0.425. The summed E-state index contributed by atoms with van der Waals surface area (Å²) in [6, 6.07) is 0. The molecule has 0 aromatic carbocycles. The van der Waals surface area contributed by atoms with E-state index in [0.29, 0.717) is 13.0 Å². The third-order valence-electron chi connectivity index (χ3n) is 2.21. The van der Waals surface area contributed by atoms with Crippen molar-refractivity contribution in [2.45, 2.75) is 44.9 Å². The van der Waals surface area contributed by atoms with Crippen LogP contribution in [0.3, 0.4) is 0 Å². The maximum Gasteiger partial charge on any atom is 0.306 e. The summed E-state index contributed by atoms with van der Waals surface area (Å²) in [6.07, 6.45) is 11.5. The number of cyclic esters (lactones) is 1. The number of hydrogen-bond donors (Lipinski definition) is 0. The molecule has 0 amide bonds. The summed E-state index contributed by atoms with van der Waals surface area (Å²) in [5, 5.41) is 0. The first-order chi connectivity index (χ1) is 6.39. The third kappa shape index (κ3) is 5.45. The van der Waals surface area contributed by atoms with Gasteiger partial charge in [-0.05, 0) is 25.7 Å². The lowest BCUT2D eigenvalue weighted by molar-refractivity contribution is -0.143. The smallest absolute Gasteiger partial charge is 0.306 e. The second-order valence-corrected chi connectivity index (χ2v) is 3.43. The van der Waals surface area contributed by atoms with Gasteiger partial charge in [-0.25, -0.2) is 0 Å². The molecular formula is C11H18O2. The van der Waals surface area contributed by atoms with Crippen LogP contribution in [0.25, 0.3) is 0 Å². The standard InChI is InChI=1S/C11H18O2/c12-11-9-7-5-3-1-2-4-6-8-10-13-11/h3,5H,1-2,4,6-10H2. The minimum absolute atomic E-state index is 0.0507. The van der Waals surface area contributed by atoms with E-state index in [0.717, 1.165) is 19.3 Å². The van der Waals surface area contributed by atoms with E-state index in [1.165, 1.54) is 19.3 Å². The second kappa shape index (κ2) is 6.70. The monoisotopic (exact) mass is 182 g/mol. The first-order valence-electron chi connectivity index (χ1n) is 5.20. The normalized spacial score (nSPS) is 21.4. The number of carbonyl (C=O) groups is 1. The molecule has 0 atom stereocenters. The second-order valence-electron chi connectivity index (χ2n) is 3.43. The van der Waals surface area contributed by atoms with Crippen molar-refractivity contribution in [2.75, 3.05) is 6.61 Å². The molecule has 0 aliphatic carbocycles. The van der Waals surface area contributed by atoms with Crippen LogP contribution in [0.5, 0.6) is 0 Å². The molecule has 0 spiro atoms. The van der Waals surface area contributed by atoms with Crippen molar-refractivity contribution in [2.24, 2.45) is 0 Å². The van der Waals surface area contributed by atoms with E-state index >= 15 is 0 Å². The lowest BCUT2D eigenvalue weighted by atomic mass is 10.1. The van der Waals surface area contributed by atoms with Gasteiger partial charge in [0.15, 0.2) is 0 Å². The molecule has 2 nitrogen and oxygen atoms in total. The van der Waals surface area contributed by atoms with Crippen LogP contribution in [0, 0.1) is 0 Å². The average molecular weight is 182 g/mol. The molecule has 0 radical (unpaired) electrons. The Labute approximate surface area is 80.0 Å². The van der Waals surface area contributed by atoms with Crippen molar-refractivity contribution in [3.05, 3.63) is 12.2 Å². The van der Waals surface area contributed by atoms with Crippen molar-refractivity contribution >= 4 is 5.97 Å². The van der Waals surface area contributed by atoms with E-state index in [1.54, 1.807) is 0 Å². The summed E-state index contributed by atoms with van der Waals surface area (Å²) >= 11 is 0. The van der Waals surface area contributed by atoms with Crippen molar-refractivity contribution in [1.29, 1.82) is 0 Å². The van der Waals surface area contributed by atoms with Gasteiger partial charge in [0, 0.05) is 6.42 Å². The number of hydrogen-bond acceptors (Lipinski definition) is 2. The SMILES string of the molecule is O=C1CCC=CCCCCCCO1. The molecule has 2 heteroatoms. The summed E-state index contributed by atoms with van der Waals surface area (Å²) in [6.45, 7) is 0.614. The number of allylic oxidation sites excluding steroid dienone is 2. The molecule has 74 valence electrons. The van der Waals surface area contributed by atoms with Gasteiger partial charge in [-0.2, -0.15) is 0 Å². The molecule has 0 N–H and O–H groups in total. The van der Waals surface area contributed by atoms with Crippen LogP contribution in [-0.2, 0) is 9.53 Å². The zero-order chi connectivity index (χ0) is 9.36. The molecule has 1 aliphatic rings. The number of carbonyl (C=O) groups excluding carboxylic acids is 1. The minimum Gasteiger partial charge on any atom is -0.466 e. The van der Waals surface area contributed by atoms with Gasteiger partial charge in [0.1, 0.15) is 0 Å². The highest BCUT2D eigenvalue weighted by Crippen LogP contribution is 2.06. The number of ether oxygens (including phenoxy) is 1. The molecule has 0 saturated carbocycles. The van der Waals surface area contributed by atoms with E-state index in [4.69, 9.17) is 4.74 Å². The van der Waals surface area contributed by atoms with E-state index in [9.17, 15) is 4.79 Å². The van der Waals surface area contributed by atoms with Crippen molar-refractivity contribution in [3.8, 4) is 0 Å². The van der Waals surface area contributed by atoms with E-state index in [-0.39, 0.29) is 5.97 Å². The predicted molar refractivity (Wildman–Crippen MR) is 52.4 cm³/mol. The van der Waals surface area contributed by atoms with E-state index < -0.39 is 0 Å². The van der Waals surface area contributed by atoms with Crippen LogP contribution in [0.4, 0.5) is 0 Å². The molecule has 1 rings (SSSR count). The van der Waals surface area contributed by atoms with Crippen molar-refractivity contribution in [1.82, 2.24) is 0 Å². The van der Waals surface area contributed by atoms with Gasteiger partial charge in [-0.15, -0.1) is 0 Å². The summed E-state index contributed by atoms with van der Waals surface area (Å²) in [5.41, 5.74) is 0. The van der Waals surface area contributed by atoms with E-state index in [1.807, 2.05) is 0 Å². The Morgan fingerprint density at radius 1 is 1.00 bits per heavy atom. The molecule has 1 heterocycles. The highest BCUT2D eigenvalue weighted by molar-refractivity contribution is 5.69. The Hall–Kier alpha value is -0.790. The average Bonchev–Trinajstić information content (AvgIpc) is 2.11. The van der Waals surface area contributed by atoms with Gasteiger partial charge in [0.25, 0.3) is 0 Å². The fourth-order valence-electron chi connectivity index (χ4n) is 1.41. The zero-order valence-corrected chi connectivity index (χ0v) is 8.13. The Balaban J connectivity index is 2.25. The van der Waals surface area contributed by atoms with Gasteiger partial charge < -0.3 is 4.74 Å². The summed E-state index contributed by atoms with van der Waals surface area (Å²) in [4.78, 5) is 11.0. The summed E-state index contributed by atoms with van der Waals surface area (Å²) in [7, 11) is 0. The topological polar surface area (TPSA) is 26.3 Å². The lowest BCUT2D eigenvalue weighted by Gasteiger charge is -2.04. The Morgan fingerprint density at radius 2 is 1.77 bits per heavy atom. The van der Waals surface area contributed by atoms with Gasteiger partial charge in [-0.1, -0.05) is 25.0 Å². The van der Waals surface area contributed by atoms with Gasteiger partial charge in [-0.3, -0.25) is 4.79 Å². The Bertz CT molecular complexity index is 173. The maximum atomic E-state index is 11.0. The largest absolute Gasteiger partial charge is 0.466 e. The lowest BCUT2D eigenvalue weighted by Crippen LogP contribution is -2.05. The van der Waals surface area contributed by atoms with Crippen LogP contribution in [-0.4, -0.2) is 12.6 Å². The molecule has 0 unspecified atom stereocenters. The summed E-state index contributed by atoms with van der Waals surface area (Å²) < 4.78 is 5.04. The van der Waals surface area contributed by atoms with Gasteiger partial charge in [0.2, 0.25) is 0 Å². The highest BCUT2D eigenvalue weighted by Gasteiger charge is 2.01. The molecular weight excluding hydrogens is 164 g/mol. The van der Waals surface area contributed by atoms with Gasteiger partial charge in [0.05, 0.1) is 6.61 Å². The molecule has 0 aromatic rings. The minimum atomic E-state index is -0.0507. The predicted octanol–water partition coefficient (Wildman–Crippen LogP) is 2.83. The van der Waals surface area contributed by atoms with Crippen molar-refractivity contribution in [3.63, 3.8) is 0 Å². The zero-order valence-electron chi connectivity index (χ0n) is 8.13. The molecule has 1 aliphatic heterocycles. The first kappa shape index (κ1) is 10.3.